The summed E-state index contributed by atoms with van der Waals surface area (Å²) in [5.41, 5.74) is 2.48. The molecule has 0 aliphatic rings. The van der Waals surface area contributed by atoms with Crippen LogP contribution in [-0.2, 0) is 20.7 Å². The third kappa shape index (κ3) is 4.22. The smallest absolute Gasteiger partial charge is 0.306 e. The number of nitrogens with zero attached hydrogens (tertiary/aromatic N) is 2. The summed E-state index contributed by atoms with van der Waals surface area (Å²) in [6, 6.07) is 11.2. The number of furan rings is 1. The molecule has 0 aliphatic carbocycles. The van der Waals surface area contributed by atoms with Crippen molar-refractivity contribution in [3.05, 3.63) is 60.7 Å². The van der Waals surface area contributed by atoms with Gasteiger partial charge in [0.1, 0.15) is 16.9 Å². The molecule has 1 N–H and O–H groups in total. The van der Waals surface area contributed by atoms with Crippen LogP contribution in [-0.4, -0.2) is 35.6 Å². The maximum Gasteiger partial charge on any atom is 0.306 e. The van der Waals surface area contributed by atoms with Gasteiger partial charge >= 0.3 is 5.97 Å². The lowest BCUT2D eigenvalue weighted by molar-refractivity contribution is -0.147. The molecule has 8 nitrogen and oxygen atoms in total. The van der Waals surface area contributed by atoms with Gasteiger partial charge in [-0.25, -0.2) is 0 Å². The van der Waals surface area contributed by atoms with Crippen LogP contribution in [0.1, 0.15) is 12.1 Å². The first kappa shape index (κ1) is 19.4. The molecule has 1 amide bonds. The Kier molecular flexibility index (Phi) is 5.56. The van der Waals surface area contributed by atoms with E-state index in [4.69, 9.17) is 13.9 Å². The number of anilines is 1. The maximum atomic E-state index is 12.3. The van der Waals surface area contributed by atoms with E-state index in [9.17, 15) is 9.59 Å². The lowest BCUT2D eigenvalue weighted by Gasteiger charge is -2.10. The van der Waals surface area contributed by atoms with Crippen LogP contribution in [0.25, 0.3) is 21.9 Å². The minimum absolute atomic E-state index is 0.111. The van der Waals surface area contributed by atoms with E-state index in [0.717, 1.165) is 16.4 Å². The number of para-hydroxylation sites is 1. The molecule has 4 aromatic rings. The van der Waals surface area contributed by atoms with E-state index < -0.39 is 18.5 Å². The highest BCUT2D eigenvalue weighted by atomic mass is 16.5. The zero-order valence-corrected chi connectivity index (χ0v) is 16.3. The number of aromatic nitrogens is 2. The molecule has 0 saturated heterocycles. The number of ether oxygens (including phenoxy) is 2. The van der Waals surface area contributed by atoms with Gasteiger partial charge in [-0.2, -0.15) is 0 Å². The van der Waals surface area contributed by atoms with Crippen molar-refractivity contribution in [1.82, 2.24) is 9.97 Å². The van der Waals surface area contributed by atoms with Gasteiger partial charge in [0.25, 0.3) is 5.91 Å². The molecule has 152 valence electrons. The van der Waals surface area contributed by atoms with E-state index in [-0.39, 0.29) is 6.42 Å². The second-order valence-electron chi connectivity index (χ2n) is 6.55. The largest absolute Gasteiger partial charge is 0.495 e. The fourth-order valence-corrected chi connectivity index (χ4v) is 3.11. The van der Waals surface area contributed by atoms with Gasteiger partial charge in [-0.1, -0.05) is 18.2 Å². The number of methoxy groups -OCH3 is 1. The van der Waals surface area contributed by atoms with Gasteiger partial charge in [-0.3, -0.25) is 19.6 Å². The average Bonchev–Trinajstić information content (AvgIpc) is 3.13. The number of hydrogen-bond acceptors (Lipinski definition) is 7. The van der Waals surface area contributed by atoms with Crippen molar-refractivity contribution in [2.24, 2.45) is 0 Å². The highest BCUT2D eigenvalue weighted by Gasteiger charge is 2.15. The minimum atomic E-state index is -0.490. The fraction of sp³-hybridized carbons (Fsp3) is 0.182. The van der Waals surface area contributed by atoms with Gasteiger partial charge in [0, 0.05) is 41.9 Å². The molecule has 4 rings (SSSR count). The number of aryl methyl sites for hydroxylation is 1. The molecule has 0 unspecified atom stereocenters. The second-order valence-corrected chi connectivity index (χ2v) is 6.55. The van der Waals surface area contributed by atoms with Crippen molar-refractivity contribution < 1.29 is 23.5 Å². The molecule has 0 spiro atoms. The highest BCUT2D eigenvalue weighted by molar-refractivity contribution is 6.07. The van der Waals surface area contributed by atoms with Crippen LogP contribution in [0.15, 0.2) is 59.4 Å². The summed E-state index contributed by atoms with van der Waals surface area (Å²) in [5, 5.41) is 4.55. The van der Waals surface area contributed by atoms with Crippen LogP contribution in [0.2, 0.25) is 0 Å². The van der Waals surface area contributed by atoms with E-state index >= 15 is 0 Å². The lowest BCUT2D eigenvalue weighted by Crippen LogP contribution is -2.21. The van der Waals surface area contributed by atoms with Crippen LogP contribution in [0, 0.1) is 0 Å². The molecular weight excluding hydrogens is 386 g/mol. The summed E-state index contributed by atoms with van der Waals surface area (Å²) in [6.07, 6.45) is 5.20. The number of amides is 1. The van der Waals surface area contributed by atoms with E-state index in [1.54, 1.807) is 24.7 Å². The van der Waals surface area contributed by atoms with Crippen LogP contribution in [0.5, 0.6) is 5.75 Å². The molecule has 0 fully saturated rings. The van der Waals surface area contributed by atoms with Crippen LogP contribution in [0.4, 0.5) is 5.69 Å². The van der Waals surface area contributed by atoms with Gasteiger partial charge < -0.3 is 19.2 Å². The zero-order valence-electron chi connectivity index (χ0n) is 16.3. The minimum Gasteiger partial charge on any atom is -0.495 e. The van der Waals surface area contributed by atoms with E-state index in [1.807, 2.05) is 30.3 Å². The van der Waals surface area contributed by atoms with Crippen molar-refractivity contribution in [2.45, 2.75) is 12.8 Å². The number of nitrogens with one attached hydrogen (secondary N) is 1. The molecule has 0 saturated carbocycles. The Morgan fingerprint density at radius 3 is 2.77 bits per heavy atom. The van der Waals surface area contributed by atoms with Crippen LogP contribution >= 0.6 is 0 Å². The molecule has 2 aromatic carbocycles. The van der Waals surface area contributed by atoms with Gasteiger partial charge in [0.2, 0.25) is 0 Å². The number of rotatable bonds is 7. The van der Waals surface area contributed by atoms with Crippen LogP contribution in [0.3, 0.4) is 0 Å². The van der Waals surface area contributed by atoms with Crippen molar-refractivity contribution in [2.75, 3.05) is 19.0 Å². The van der Waals surface area contributed by atoms with Crippen molar-refractivity contribution >= 4 is 39.5 Å². The fourth-order valence-electron chi connectivity index (χ4n) is 3.11. The molecule has 0 aliphatic heterocycles. The Hall–Kier alpha value is -3.94. The summed E-state index contributed by atoms with van der Waals surface area (Å²) in [7, 11) is 1.52. The number of carbonyl (C=O) groups is 2. The summed E-state index contributed by atoms with van der Waals surface area (Å²) < 4.78 is 16.3. The van der Waals surface area contributed by atoms with Gasteiger partial charge in [0.15, 0.2) is 6.61 Å². The summed E-state index contributed by atoms with van der Waals surface area (Å²) >= 11 is 0. The molecule has 2 heterocycles. The van der Waals surface area contributed by atoms with Gasteiger partial charge in [0.05, 0.1) is 24.9 Å². The van der Waals surface area contributed by atoms with Crippen LogP contribution < -0.4 is 10.1 Å². The first-order chi connectivity index (χ1) is 14.6. The molecule has 30 heavy (non-hydrogen) atoms. The molecule has 8 heteroatoms. The van der Waals surface area contributed by atoms with E-state index in [1.165, 1.54) is 7.11 Å². The monoisotopic (exact) mass is 405 g/mol. The van der Waals surface area contributed by atoms with Crippen molar-refractivity contribution in [1.29, 1.82) is 0 Å². The van der Waals surface area contributed by atoms with E-state index in [2.05, 4.69) is 15.3 Å². The van der Waals surface area contributed by atoms with Crippen molar-refractivity contribution in [3.63, 3.8) is 0 Å². The summed E-state index contributed by atoms with van der Waals surface area (Å²) in [5.74, 6) is -0.483. The van der Waals surface area contributed by atoms with Gasteiger partial charge in [-0.15, -0.1) is 0 Å². The number of esters is 1. The topological polar surface area (TPSA) is 104 Å². The predicted molar refractivity (Wildman–Crippen MR) is 110 cm³/mol. The zero-order chi connectivity index (χ0) is 20.9. The Bertz CT molecular complexity index is 1200. The Morgan fingerprint density at radius 1 is 1.10 bits per heavy atom. The number of benzene rings is 2. The van der Waals surface area contributed by atoms with Crippen molar-refractivity contribution in [3.8, 4) is 5.75 Å². The Morgan fingerprint density at radius 2 is 1.97 bits per heavy atom. The first-order valence-electron chi connectivity index (χ1n) is 9.33. The first-order valence-corrected chi connectivity index (χ1v) is 9.33. The third-order valence-corrected chi connectivity index (χ3v) is 4.54. The normalized spacial score (nSPS) is 10.8. The quantitative estimate of drug-likeness (QED) is 0.469. The number of hydrogen-bond donors (Lipinski definition) is 1. The molecule has 0 radical (unpaired) electrons. The number of fused-ring (bicyclic) bond motifs is 3. The maximum absolute atomic E-state index is 12.3. The summed E-state index contributed by atoms with van der Waals surface area (Å²) in [4.78, 5) is 32.2. The third-order valence-electron chi connectivity index (χ3n) is 4.54. The second kappa shape index (κ2) is 8.60. The molecular formula is C22H19N3O5. The van der Waals surface area contributed by atoms with Gasteiger partial charge in [-0.05, 0) is 12.1 Å². The number of carbonyl (C=O) groups excluding carboxylic acids is 2. The highest BCUT2D eigenvalue weighted by Crippen LogP contribution is 2.36. The molecule has 2 aromatic heterocycles. The lowest BCUT2D eigenvalue weighted by atomic mass is 10.1. The SMILES string of the molecule is COc1cc2c(cc1NC(=O)COC(=O)CCc1cnccn1)oc1ccccc12. The standard InChI is InChI=1S/C22H19N3O5/c1-28-20-10-16-15-4-2-3-5-18(15)30-19(16)11-17(20)25-21(26)13-29-22(27)7-6-14-12-23-8-9-24-14/h2-5,8-12H,6-7,13H2,1H3,(H,25,26). The Labute approximate surface area is 171 Å². The molecule has 0 atom stereocenters. The molecule has 0 bridgehead atoms. The predicted octanol–water partition coefficient (Wildman–Crippen LogP) is 3.50. The average molecular weight is 405 g/mol. The van der Waals surface area contributed by atoms with E-state index in [0.29, 0.717) is 29.1 Å². The Balaban J connectivity index is 1.40. The summed E-state index contributed by atoms with van der Waals surface area (Å²) in [6.45, 7) is -0.402.